The molecule has 0 spiro atoms. The third-order valence-electron chi connectivity index (χ3n) is 18.1. The Kier molecular flexibility index (Phi) is 11.5. The summed E-state index contributed by atoms with van der Waals surface area (Å²) in [5.41, 5.74) is 1.40. The van der Waals surface area contributed by atoms with E-state index in [4.69, 9.17) is 28.4 Å². The highest BCUT2D eigenvalue weighted by molar-refractivity contribution is 5.94. The maximum Gasteiger partial charge on any atom is 0.166 e. The van der Waals surface area contributed by atoms with Crippen molar-refractivity contribution in [3.8, 4) is 0 Å². The van der Waals surface area contributed by atoms with Crippen molar-refractivity contribution in [1.29, 1.82) is 0 Å². The van der Waals surface area contributed by atoms with Crippen LogP contribution in [0.1, 0.15) is 140 Å². The molecule has 0 bridgehead atoms. The highest BCUT2D eigenvalue weighted by Crippen LogP contribution is 2.67. The summed E-state index contributed by atoms with van der Waals surface area (Å²) in [6.07, 6.45) is 12.8. The monoisotopic (exact) mass is 741 g/mol. The van der Waals surface area contributed by atoms with Gasteiger partial charge in [0.25, 0.3) is 0 Å². The van der Waals surface area contributed by atoms with Gasteiger partial charge in [-0.1, -0.05) is 74.8 Å². The van der Waals surface area contributed by atoms with Crippen LogP contribution in [0.5, 0.6) is 0 Å². The zero-order chi connectivity index (χ0) is 38.2. The Labute approximate surface area is 322 Å². The molecule has 4 aliphatic carbocycles. The molecule has 7 rings (SSSR count). The smallest absolute Gasteiger partial charge is 0.166 e. The van der Waals surface area contributed by atoms with E-state index < -0.39 is 0 Å². The number of ketones is 1. The van der Waals surface area contributed by atoms with Crippen LogP contribution in [0.3, 0.4) is 0 Å². The van der Waals surface area contributed by atoms with Crippen LogP contribution in [-0.2, 0) is 33.2 Å². The van der Waals surface area contributed by atoms with E-state index in [0.717, 1.165) is 38.5 Å². The zero-order valence-electron chi connectivity index (χ0n) is 35.5. The lowest BCUT2D eigenvalue weighted by molar-refractivity contribution is -0.338. The van der Waals surface area contributed by atoms with Gasteiger partial charge in [-0.3, -0.25) is 4.79 Å². The predicted octanol–water partition coefficient (Wildman–Crippen LogP) is 10.0. The van der Waals surface area contributed by atoms with Gasteiger partial charge in [-0.25, -0.2) is 0 Å². The van der Waals surface area contributed by atoms with Crippen molar-refractivity contribution in [3.63, 3.8) is 0 Å². The molecule has 0 radical (unpaired) electrons. The van der Waals surface area contributed by atoms with Crippen molar-refractivity contribution in [2.75, 3.05) is 13.7 Å². The van der Waals surface area contributed by atoms with Crippen LogP contribution in [-0.4, -0.2) is 62.3 Å². The number of rotatable bonds is 8. The molecule has 3 aliphatic heterocycles. The van der Waals surface area contributed by atoms with Crippen LogP contribution in [0.15, 0.2) is 11.6 Å². The quantitative estimate of drug-likeness (QED) is 0.245. The molecule has 0 aromatic carbocycles. The van der Waals surface area contributed by atoms with Gasteiger partial charge in [0.1, 0.15) is 0 Å². The van der Waals surface area contributed by atoms with E-state index in [1.165, 1.54) is 31.3 Å². The minimum absolute atomic E-state index is 0.0149. The molecule has 302 valence electrons. The third kappa shape index (κ3) is 6.77. The molecular weight excluding hydrogens is 664 g/mol. The number of hydrogen-bond donors (Lipinski definition) is 0. The Bertz CT molecular complexity index is 1350. The molecular formula is C46H76O7. The summed E-state index contributed by atoms with van der Waals surface area (Å²) in [5, 5.41) is 0. The van der Waals surface area contributed by atoms with Crippen LogP contribution in [0.2, 0.25) is 0 Å². The summed E-state index contributed by atoms with van der Waals surface area (Å²) in [4.78, 5) is 14.3. The lowest BCUT2D eigenvalue weighted by Gasteiger charge is -2.57. The van der Waals surface area contributed by atoms with Gasteiger partial charge in [0, 0.05) is 36.7 Å². The summed E-state index contributed by atoms with van der Waals surface area (Å²) in [6, 6.07) is 0. The number of ether oxygens (including phenoxy) is 6. The molecule has 3 saturated heterocycles. The first-order valence-electron chi connectivity index (χ1n) is 22.1. The van der Waals surface area contributed by atoms with E-state index in [1.54, 1.807) is 0 Å². The Morgan fingerprint density at radius 1 is 0.792 bits per heavy atom. The van der Waals surface area contributed by atoms with E-state index in [2.05, 4.69) is 82.2 Å². The SMILES string of the molecule is CCC1OC(O[C@H]2CC[C@]3(C)C4CC[C@]5(C)[C@@H]([C@H](C)[C@H]6CC[C@H](C)[C@@H](OC7OCC(C)C(C)(OC)C7C)O6)CC[C@H]5C4=CC(=O)[C@H]3C2)C(C)C(C)C1C. The highest BCUT2D eigenvalue weighted by atomic mass is 16.8. The number of carbonyl (C=O) groups is 1. The van der Waals surface area contributed by atoms with E-state index >= 15 is 0 Å². The molecule has 7 aliphatic rings. The average Bonchev–Trinajstić information content (AvgIpc) is 3.50. The minimum Gasteiger partial charge on any atom is -0.378 e. The second-order valence-corrected chi connectivity index (χ2v) is 20.4. The van der Waals surface area contributed by atoms with Gasteiger partial charge in [-0.15, -0.1) is 0 Å². The highest BCUT2D eigenvalue weighted by Gasteiger charge is 2.61. The van der Waals surface area contributed by atoms with Crippen LogP contribution in [0.25, 0.3) is 0 Å². The molecule has 53 heavy (non-hydrogen) atoms. The van der Waals surface area contributed by atoms with Crippen molar-refractivity contribution in [2.45, 2.75) is 183 Å². The Morgan fingerprint density at radius 2 is 1.51 bits per heavy atom. The van der Waals surface area contributed by atoms with E-state index in [0.29, 0.717) is 65.7 Å². The molecule has 0 N–H and O–H groups in total. The molecule has 7 heteroatoms. The zero-order valence-corrected chi connectivity index (χ0v) is 35.5. The van der Waals surface area contributed by atoms with Gasteiger partial charge in [-0.2, -0.15) is 0 Å². The summed E-state index contributed by atoms with van der Waals surface area (Å²) in [5.74, 6) is 4.54. The molecule has 0 amide bonds. The first-order chi connectivity index (χ1) is 25.1. The van der Waals surface area contributed by atoms with E-state index in [-0.39, 0.29) is 65.4 Å². The second kappa shape index (κ2) is 15.2. The molecule has 0 aromatic rings. The largest absolute Gasteiger partial charge is 0.378 e. The van der Waals surface area contributed by atoms with Gasteiger partial charge >= 0.3 is 0 Å². The van der Waals surface area contributed by atoms with E-state index in [1.807, 2.05) is 7.11 Å². The topological polar surface area (TPSA) is 72.5 Å². The first-order valence-corrected chi connectivity index (χ1v) is 22.1. The number of allylic oxidation sites excluding steroid dienone is 2. The second-order valence-electron chi connectivity index (χ2n) is 20.4. The van der Waals surface area contributed by atoms with Gasteiger partial charge in [0.05, 0.1) is 30.5 Å². The maximum absolute atomic E-state index is 14.3. The summed E-state index contributed by atoms with van der Waals surface area (Å²) < 4.78 is 39.3. The fraction of sp³-hybridized carbons (Fsp3) is 0.935. The summed E-state index contributed by atoms with van der Waals surface area (Å²) in [7, 11) is 1.81. The molecule has 3 heterocycles. The molecule has 7 nitrogen and oxygen atoms in total. The van der Waals surface area contributed by atoms with Crippen molar-refractivity contribution in [3.05, 3.63) is 11.6 Å². The Morgan fingerprint density at radius 3 is 2.23 bits per heavy atom. The van der Waals surface area contributed by atoms with Gasteiger partial charge in [0.2, 0.25) is 0 Å². The molecule has 10 unspecified atom stereocenters. The standard InChI is InChI=1S/C46H76O7/c1-13-39-28(5)27(4)29(6)42(51-39)50-32-18-20-45(10)36-19-21-44(9)34(15-16-35(44)33(36)23-38(47)37(45)22-32)30(7)40-17-14-25(2)41(52-40)53-43-31(8)46(11,48-12)26(3)24-49-43/h23,25-32,34-37,39-43H,13-22,24H2,1-12H3/t25-,26?,27?,28?,29?,30-,31?,32-,34+,35-,36?,37+,39?,40+,41+,42?,43?,44+,45+,46?/m0/s1. The lowest BCUT2D eigenvalue weighted by atomic mass is 9.47. The first kappa shape index (κ1) is 40.4. The number of methoxy groups -OCH3 is 1. The molecule has 0 aromatic heterocycles. The fourth-order valence-electron chi connectivity index (χ4n) is 13.3. The van der Waals surface area contributed by atoms with Gasteiger partial charge in [0.15, 0.2) is 24.7 Å². The van der Waals surface area contributed by atoms with Crippen LogP contribution in [0.4, 0.5) is 0 Å². The summed E-state index contributed by atoms with van der Waals surface area (Å²) in [6.45, 7) is 26.1. The van der Waals surface area contributed by atoms with Crippen molar-refractivity contribution in [1.82, 2.24) is 0 Å². The molecule has 20 atom stereocenters. The predicted molar refractivity (Wildman–Crippen MR) is 208 cm³/mol. The Hall–Kier alpha value is -0.830. The van der Waals surface area contributed by atoms with Crippen LogP contribution < -0.4 is 0 Å². The number of fused-ring (bicyclic) bond motifs is 5. The van der Waals surface area contributed by atoms with E-state index in [9.17, 15) is 4.79 Å². The maximum atomic E-state index is 14.3. The van der Waals surface area contributed by atoms with Gasteiger partial charge < -0.3 is 28.4 Å². The molecule has 3 saturated carbocycles. The number of hydrogen-bond acceptors (Lipinski definition) is 7. The fourth-order valence-corrected chi connectivity index (χ4v) is 13.3. The van der Waals surface area contributed by atoms with Gasteiger partial charge in [-0.05, 0) is 124 Å². The normalized spacial score (nSPS) is 53.7. The Balaban J connectivity index is 1.01. The molecule has 6 fully saturated rings. The van der Waals surface area contributed by atoms with Crippen molar-refractivity contribution >= 4 is 5.78 Å². The third-order valence-corrected chi connectivity index (χ3v) is 18.1. The summed E-state index contributed by atoms with van der Waals surface area (Å²) >= 11 is 0. The van der Waals surface area contributed by atoms with Crippen LogP contribution in [0, 0.1) is 75.9 Å². The van der Waals surface area contributed by atoms with Crippen molar-refractivity contribution < 1.29 is 33.2 Å². The average molecular weight is 741 g/mol. The number of carbonyl (C=O) groups excluding carboxylic acids is 1. The van der Waals surface area contributed by atoms with Crippen molar-refractivity contribution in [2.24, 2.45) is 75.9 Å². The van der Waals surface area contributed by atoms with Crippen LogP contribution >= 0.6 is 0 Å². The minimum atomic E-state index is -0.339. The lowest BCUT2D eigenvalue weighted by Crippen LogP contribution is -2.56.